The zero-order valence-corrected chi connectivity index (χ0v) is 15.5. The summed E-state index contributed by atoms with van der Waals surface area (Å²) < 4.78 is 10.8. The maximum absolute atomic E-state index is 13.0. The smallest absolute Gasteiger partial charge is 0.340 e. The second-order valence-corrected chi connectivity index (χ2v) is 6.46. The first-order chi connectivity index (χ1) is 13.5. The molecule has 1 aliphatic rings. The summed E-state index contributed by atoms with van der Waals surface area (Å²) in [5, 5.41) is 10.7. The lowest BCUT2D eigenvalue weighted by atomic mass is 10.1. The van der Waals surface area contributed by atoms with E-state index >= 15 is 0 Å². The van der Waals surface area contributed by atoms with Crippen molar-refractivity contribution in [2.75, 3.05) is 26.3 Å². The van der Waals surface area contributed by atoms with Crippen LogP contribution in [0.5, 0.6) is 0 Å². The Morgan fingerprint density at radius 3 is 2.43 bits per heavy atom. The first-order valence-electron chi connectivity index (χ1n) is 8.54. The number of amides is 1. The summed E-state index contributed by atoms with van der Waals surface area (Å²) in [7, 11) is 0. The molecule has 1 heterocycles. The average Bonchev–Trinajstić information content (AvgIpc) is 2.72. The Balaban J connectivity index is 1.86. The number of ether oxygens (including phenoxy) is 2. The average molecular weight is 405 g/mol. The summed E-state index contributed by atoms with van der Waals surface area (Å²) >= 11 is 6.01. The third-order valence-corrected chi connectivity index (χ3v) is 4.57. The Labute approximate surface area is 165 Å². The van der Waals surface area contributed by atoms with Crippen molar-refractivity contribution in [2.24, 2.45) is 0 Å². The van der Waals surface area contributed by atoms with E-state index in [9.17, 15) is 19.7 Å². The minimum Gasteiger partial charge on any atom is -0.444 e. The van der Waals surface area contributed by atoms with Crippen LogP contribution >= 0.6 is 11.6 Å². The normalized spacial score (nSPS) is 15.0. The number of carbonyl (C=O) groups excluding carboxylic acids is 2. The van der Waals surface area contributed by atoms with Gasteiger partial charge >= 0.3 is 5.97 Å². The predicted molar refractivity (Wildman–Crippen MR) is 100 cm³/mol. The molecule has 0 aromatic heterocycles. The van der Waals surface area contributed by atoms with Crippen LogP contribution in [-0.4, -0.2) is 48.0 Å². The van der Waals surface area contributed by atoms with E-state index in [-0.39, 0.29) is 22.2 Å². The van der Waals surface area contributed by atoms with Crippen molar-refractivity contribution in [3.63, 3.8) is 0 Å². The highest BCUT2D eigenvalue weighted by atomic mass is 35.5. The van der Waals surface area contributed by atoms with E-state index in [0.29, 0.717) is 31.9 Å². The van der Waals surface area contributed by atoms with Crippen LogP contribution in [0.25, 0.3) is 0 Å². The maximum Gasteiger partial charge on any atom is 0.340 e. The lowest BCUT2D eigenvalue weighted by molar-refractivity contribution is -0.384. The highest BCUT2D eigenvalue weighted by Crippen LogP contribution is 2.27. The standard InChI is InChI=1S/C19H17ClN2O6/c20-16-12-14(22(25)26)6-7-15(16)19(24)28-17(13-4-2-1-3-5-13)18(23)21-8-10-27-11-9-21/h1-7,12,17H,8-11H2/t17-/m1/s1. The van der Waals surface area contributed by atoms with E-state index in [2.05, 4.69) is 0 Å². The number of benzene rings is 2. The van der Waals surface area contributed by atoms with Gasteiger partial charge in [-0.1, -0.05) is 41.9 Å². The molecule has 0 saturated carbocycles. The van der Waals surface area contributed by atoms with E-state index in [1.54, 1.807) is 35.2 Å². The second kappa shape index (κ2) is 8.81. The van der Waals surface area contributed by atoms with Crippen LogP contribution in [0.2, 0.25) is 5.02 Å². The first kappa shape index (κ1) is 19.8. The van der Waals surface area contributed by atoms with Crippen molar-refractivity contribution in [3.8, 4) is 0 Å². The van der Waals surface area contributed by atoms with Gasteiger partial charge < -0.3 is 14.4 Å². The van der Waals surface area contributed by atoms with Crippen LogP contribution in [0.3, 0.4) is 0 Å². The fourth-order valence-electron chi connectivity index (χ4n) is 2.79. The van der Waals surface area contributed by atoms with Crippen LogP contribution in [0, 0.1) is 10.1 Å². The van der Waals surface area contributed by atoms with E-state index in [1.807, 2.05) is 0 Å². The molecule has 0 N–H and O–H groups in total. The molecule has 146 valence electrons. The molecule has 0 radical (unpaired) electrons. The van der Waals surface area contributed by atoms with Gasteiger partial charge in [-0.25, -0.2) is 4.79 Å². The van der Waals surface area contributed by atoms with Crippen LogP contribution in [0.15, 0.2) is 48.5 Å². The minimum absolute atomic E-state index is 0.0528. The van der Waals surface area contributed by atoms with Gasteiger partial charge in [0, 0.05) is 30.8 Å². The predicted octanol–water partition coefficient (Wildman–Crippen LogP) is 3.01. The zero-order valence-electron chi connectivity index (χ0n) is 14.7. The van der Waals surface area contributed by atoms with E-state index in [1.165, 1.54) is 6.07 Å². The van der Waals surface area contributed by atoms with Gasteiger partial charge in [-0.2, -0.15) is 0 Å². The fourth-order valence-corrected chi connectivity index (χ4v) is 3.04. The van der Waals surface area contributed by atoms with Gasteiger partial charge in [-0.3, -0.25) is 14.9 Å². The van der Waals surface area contributed by atoms with Gasteiger partial charge in [0.2, 0.25) is 6.10 Å². The van der Waals surface area contributed by atoms with E-state index in [0.717, 1.165) is 12.1 Å². The van der Waals surface area contributed by atoms with E-state index < -0.39 is 17.0 Å². The molecule has 1 aliphatic heterocycles. The number of non-ortho nitro benzene ring substituents is 1. The lowest BCUT2D eigenvalue weighted by Gasteiger charge is -2.30. The molecule has 0 unspecified atom stereocenters. The molecular formula is C19H17ClN2O6. The number of carbonyl (C=O) groups is 2. The Morgan fingerprint density at radius 2 is 1.82 bits per heavy atom. The van der Waals surface area contributed by atoms with Crippen LogP contribution in [0.1, 0.15) is 22.0 Å². The van der Waals surface area contributed by atoms with Crippen molar-refractivity contribution in [3.05, 3.63) is 74.8 Å². The number of hydrogen-bond acceptors (Lipinski definition) is 6. The molecule has 0 bridgehead atoms. The number of esters is 1. The van der Waals surface area contributed by atoms with Gasteiger partial charge in [0.15, 0.2) is 0 Å². The summed E-state index contributed by atoms with van der Waals surface area (Å²) in [5.41, 5.74) is 0.221. The third kappa shape index (κ3) is 4.47. The molecule has 3 rings (SSSR count). The van der Waals surface area contributed by atoms with Gasteiger partial charge in [-0.05, 0) is 6.07 Å². The molecule has 1 fully saturated rings. The SMILES string of the molecule is O=C(O[C@@H](C(=O)N1CCOCC1)c1ccccc1)c1ccc([N+](=O)[O-])cc1Cl. The van der Waals surface area contributed by atoms with Gasteiger partial charge in [-0.15, -0.1) is 0 Å². The van der Waals surface area contributed by atoms with Crippen LogP contribution in [0.4, 0.5) is 5.69 Å². The molecule has 1 amide bonds. The number of nitro benzene ring substituents is 1. The number of morpholine rings is 1. The molecule has 2 aromatic rings. The Bertz CT molecular complexity index is 883. The summed E-state index contributed by atoms with van der Waals surface area (Å²) in [5.74, 6) is -1.20. The molecule has 8 nitrogen and oxygen atoms in total. The molecule has 1 saturated heterocycles. The molecular weight excluding hydrogens is 388 g/mol. The number of hydrogen-bond donors (Lipinski definition) is 0. The highest BCUT2D eigenvalue weighted by molar-refractivity contribution is 6.33. The summed E-state index contributed by atoms with van der Waals surface area (Å²) in [6, 6.07) is 12.1. The molecule has 1 atom stereocenters. The van der Waals surface area contributed by atoms with E-state index in [4.69, 9.17) is 21.1 Å². The molecule has 0 spiro atoms. The zero-order chi connectivity index (χ0) is 20.1. The number of nitrogens with zero attached hydrogens (tertiary/aromatic N) is 2. The lowest BCUT2D eigenvalue weighted by Crippen LogP contribution is -2.44. The Kier molecular flexibility index (Phi) is 6.23. The molecule has 2 aromatic carbocycles. The second-order valence-electron chi connectivity index (χ2n) is 6.05. The van der Waals surface area contributed by atoms with Gasteiger partial charge in [0.05, 0.1) is 28.7 Å². The number of rotatable bonds is 5. The van der Waals surface area contributed by atoms with Gasteiger partial charge in [0.25, 0.3) is 11.6 Å². The summed E-state index contributed by atoms with van der Waals surface area (Å²) in [4.78, 5) is 37.4. The van der Waals surface area contributed by atoms with Crippen molar-refractivity contribution in [2.45, 2.75) is 6.10 Å². The Morgan fingerprint density at radius 1 is 1.14 bits per heavy atom. The molecule has 0 aliphatic carbocycles. The Hall–Kier alpha value is -2.97. The first-order valence-corrected chi connectivity index (χ1v) is 8.91. The molecule has 28 heavy (non-hydrogen) atoms. The van der Waals surface area contributed by atoms with Crippen LogP contribution < -0.4 is 0 Å². The largest absolute Gasteiger partial charge is 0.444 e. The monoisotopic (exact) mass is 404 g/mol. The van der Waals surface area contributed by atoms with Crippen molar-refractivity contribution >= 4 is 29.2 Å². The van der Waals surface area contributed by atoms with Crippen molar-refractivity contribution in [1.82, 2.24) is 4.90 Å². The minimum atomic E-state index is -1.15. The third-order valence-electron chi connectivity index (χ3n) is 4.26. The van der Waals surface area contributed by atoms with Gasteiger partial charge in [0.1, 0.15) is 0 Å². The van der Waals surface area contributed by atoms with Crippen molar-refractivity contribution < 1.29 is 24.0 Å². The number of halogens is 1. The highest BCUT2D eigenvalue weighted by Gasteiger charge is 2.31. The summed E-state index contributed by atoms with van der Waals surface area (Å²) in [6.45, 7) is 1.63. The molecule has 9 heteroatoms. The maximum atomic E-state index is 13.0. The van der Waals surface area contributed by atoms with Crippen molar-refractivity contribution in [1.29, 1.82) is 0 Å². The quantitative estimate of drug-likeness (QED) is 0.431. The fraction of sp³-hybridized carbons (Fsp3) is 0.263. The topological polar surface area (TPSA) is 99.0 Å². The summed E-state index contributed by atoms with van der Waals surface area (Å²) in [6.07, 6.45) is -1.15. The number of nitro groups is 1. The van der Waals surface area contributed by atoms with Crippen LogP contribution in [-0.2, 0) is 14.3 Å².